The maximum absolute atomic E-state index is 11.9. The van der Waals surface area contributed by atoms with Crippen molar-refractivity contribution in [3.05, 3.63) is 0 Å². The zero-order valence-corrected chi connectivity index (χ0v) is 13.5. The van der Waals surface area contributed by atoms with Crippen LogP contribution in [-0.2, 0) is 19.3 Å². The molecular weight excluding hydrogens is 274 g/mol. The molecular formula is C15H27NO5. The quantitative estimate of drug-likeness (QED) is 0.577. The topological polar surface area (TPSA) is 65.1 Å². The molecule has 1 aliphatic heterocycles. The minimum atomic E-state index is -0.487. The number of hydrogen-bond acceptors (Lipinski definition) is 5. The maximum atomic E-state index is 11.9. The molecule has 0 aromatic rings. The van der Waals surface area contributed by atoms with E-state index in [0.29, 0.717) is 32.4 Å². The third-order valence-corrected chi connectivity index (χ3v) is 3.11. The van der Waals surface area contributed by atoms with Gasteiger partial charge in [-0.2, -0.15) is 4.89 Å². The van der Waals surface area contributed by atoms with E-state index >= 15 is 0 Å². The number of amides is 1. The van der Waals surface area contributed by atoms with E-state index in [4.69, 9.17) is 14.5 Å². The molecule has 0 unspecified atom stereocenters. The Hall–Kier alpha value is -1.30. The first-order valence-electron chi connectivity index (χ1n) is 7.66. The summed E-state index contributed by atoms with van der Waals surface area (Å²) in [6.45, 7) is 8.64. The Morgan fingerprint density at radius 2 is 1.81 bits per heavy atom. The number of hydrogen-bond donors (Lipinski definition) is 0. The van der Waals surface area contributed by atoms with E-state index in [2.05, 4.69) is 0 Å². The number of carbonyl (C=O) groups excluding carboxylic acids is 2. The molecule has 0 spiro atoms. The number of unbranched alkanes of at least 4 members (excludes halogenated alkanes) is 1. The molecule has 0 aromatic heterocycles. The highest BCUT2D eigenvalue weighted by molar-refractivity contribution is 5.68. The molecule has 122 valence electrons. The molecule has 0 radical (unpaired) electrons. The fourth-order valence-corrected chi connectivity index (χ4v) is 1.95. The van der Waals surface area contributed by atoms with Crippen molar-refractivity contribution in [2.75, 3.05) is 13.1 Å². The first-order chi connectivity index (χ1) is 9.81. The van der Waals surface area contributed by atoms with Gasteiger partial charge in [-0.3, -0.25) is 4.89 Å². The van der Waals surface area contributed by atoms with E-state index in [9.17, 15) is 9.59 Å². The van der Waals surface area contributed by atoms with Gasteiger partial charge < -0.3 is 9.64 Å². The van der Waals surface area contributed by atoms with Gasteiger partial charge in [0.05, 0.1) is 0 Å². The number of likely N-dealkylation sites (tertiary alicyclic amines) is 1. The van der Waals surface area contributed by atoms with Gasteiger partial charge in [0.1, 0.15) is 11.7 Å². The van der Waals surface area contributed by atoms with Gasteiger partial charge in [-0.05, 0) is 40.0 Å². The first-order valence-corrected chi connectivity index (χ1v) is 7.66. The van der Waals surface area contributed by atoms with Gasteiger partial charge in [0, 0.05) is 19.5 Å². The normalized spacial score (nSPS) is 16.7. The Morgan fingerprint density at radius 1 is 1.19 bits per heavy atom. The van der Waals surface area contributed by atoms with E-state index in [0.717, 1.165) is 12.8 Å². The second-order valence-corrected chi connectivity index (χ2v) is 6.32. The summed E-state index contributed by atoms with van der Waals surface area (Å²) in [6.07, 6.45) is 2.96. The SMILES string of the molecule is CCCCC(=O)OOC1CCN(C(=O)OC(C)(C)C)CC1. The van der Waals surface area contributed by atoms with Crippen LogP contribution >= 0.6 is 0 Å². The fourth-order valence-electron chi connectivity index (χ4n) is 1.95. The van der Waals surface area contributed by atoms with Gasteiger partial charge >= 0.3 is 12.1 Å². The van der Waals surface area contributed by atoms with Crippen LogP contribution in [0.3, 0.4) is 0 Å². The molecule has 1 amide bonds. The van der Waals surface area contributed by atoms with Crippen LogP contribution in [-0.4, -0.2) is 41.8 Å². The molecule has 0 bridgehead atoms. The third-order valence-electron chi connectivity index (χ3n) is 3.11. The van der Waals surface area contributed by atoms with Crippen LogP contribution < -0.4 is 0 Å². The van der Waals surface area contributed by atoms with Crippen LogP contribution in [0.4, 0.5) is 4.79 Å². The summed E-state index contributed by atoms with van der Waals surface area (Å²) in [6, 6.07) is 0. The fraction of sp³-hybridized carbons (Fsp3) is 0.867. The maximum Gasteiger partial charge on any atom is 0.410 e. The molecule has 0 atom stereocenters. The second-order valence-electron chi connectivity index (χ2n) is 6.32. The summed E-state index contributed by atoms with van der Waals surface area (Å²) >= 11 is 0. The first kappa shape index (κ1) is 17.8. The van der Waals surface area contributed by atoms with Crippen LogP contribution in [0.1, 0.15) is 59.8 Å². The van der Waals surface area contributed by atoms with Gasteiger partial charge in [0.15, 0.2) is 0 Å². The minimum Gasteiger partial charge on any atom is -0.444 e. The van der Waals surface area contributed by atoms with Crippen molar-refractivity contribution >= 4 is 12.1 Å². The summed E-state index contributed by atoms with van der Waals surface area (Å²) in [7, 11) is 0. The largest absolute Gasteiger partial charge is 0.444 e. The van der Waals surface area contributed by atoms with E-state index in [1.165, 1.54) is 0 Å². The molecule has 1 rings (SSSR count). The average molecular weight is 301 g/mol. The summed E-state index contributed by atoms with van der Waals surface area (Å²) in [5.74, 6) is -0.327. The van der Waals surface area contributed by atoms with Gasteiger partial charge in [-0.1, -0.05) is 13.3 Å². The highest BCUT2D eigenvalue weighted by atomic mass is 17.2. The Bertz CT molecular complexity index is 342. The Morgan fingerprint density at radius 3 is 2.33 bits per heavy atom. The minimum absolute atomic E-state index is 0.144. The average Bonchev–Trinajstić information content (AvgIpc) is 2.41. The van der Waals surface area contributed by atoms with Gasteiger partial charge in [0.25, 0.3) is 0 Å². The lowest BCUT2D eigenvalue weighted by Gasteiger charge is -2.32. The number of nitrogens with zero attached hydrogens (tertiary/aromatic N) is 1. The molecule has 1 aliphatic rings. The van der Waals surface area contributed by atoms with Gasteiger partial charge in [-0.15, -0.1) is 0 Å². The molecule has 1 fully saturated rings. The highest BCUT2D eigenvalue weighted by Gasteiger charge is 2.28. The summed E-state index contributed by atoms with van der Waals surface area (Å²) in [5.41, 5.74) is -0.487. The Kier molecular flexibility index (Phi) is 6.95. The second kappa shape index (κ2) is 8.22. The van der Waals surface area contributed by atoms with Crippen molar-refractivity contribution in [1.82, 2.24) is 4.90 Å². The zero-order valence-electron chi connectivity index (χ0n) is 13.5. The zero-order chi connectivity index (χ0) is 15.9. The van der Waals surface area contributed by atoms with Gasteiger partial charge in [0.2, 0.25) is 0 Å². The summed E-state index contributed by atoms with van der Waals surface area (Å²) in [4.78, 5) is 34.8. The number of piperidine rings is 1. The predicted molar refractivity (Wildman–Crippen MR) is 77.5 cm³/mol. The summed E-state index contributed by atoms with van der Waals surface area (Å²) < 4.78 is 5.32. The Balaban J connectivity index is 2.23. The van der Waals surface area contributed by atoms with Crippen LogP contribution in [0.5, 0.6) is 0 Å². The van der Waals surface area contributed by atoms with E-state index in [1.54, 1.807) is 4.90 Å². The van der Waals surface area contributed by atoms with Crippen molar-refractivity contribution in [3.63, 3.8) is 0 Å². The van der Waals surface area contributed by atoms with Crippen molar-refractivity contribution in [3.8, 4) is 0 Å². The van der Waals surface area contributed by atoms with Crippen LogP contribution in [0, 0.1) is 0 Å². The smallest absolute Gasteiger partial charge is 0.410 e. The van der Waals surface area contributed by atoms with E-state index < -0.39 is 5.60 Å². The van der Waals surface area contributed by atoms with E-state index in [-0.39, 0.29) is 18.2 Å². The molecule has 0 N–H and O–H groups in total. The number of rotatable bonds is 5. The lowest BCUT2D eigenvalue weighted by Crippen LogP contribution is -2.43. The van der Waals surface area contributed by atoms with Crippen molar-refractivity contribution in [2.45, 2.75) is 71.5 Å². The molecule has 1 heterocycles. The number of ether oxygens (including phenoxy) is 1. The van der Waals surface area contributed by atoms with Crippen LogP contribution in [0.25, 0.3) is 0 Å². The van der Waals surface area contributed by atoms with Crippen molar-refractivity contribution < 1.29 is 24.1 Å². The molecule has 6 heteroatoms. The van der Waals surface area contributed by atoms with Crippen molar-refractivity contribution in [2.24, 2.45) is 0 Å². The molecule has 0 aliphatic carbocycles. The lowest BCUT2D eigenvalue weighted by molar-refractivity contribution is -0.302. The standard InChI is InChI=1S/C15H27NO5/c1-5-6-7-13(17)21-20-12-8-10-16(11-9-12)14(18)19-15(2,3)4/h12H,5-11H2,1-4H3. The molecule has 0 saturated carbocycles. The van der Waals surface area contributed by atoms with Gasteiger partial charge in [-0.25, -0.2) is 9.59 Å². The highest BCUT2D eigenvalue weighted by Crippen LogP contribution is 2.17. The van der Waals surface area contributed by atoms with Crippen LogP contribution in [0.2, 0.25) is 0 Å². The molecule has 1 saturated heterocycles. The predicted octanol–water partition coefficient (Wildman–Crippen LogP) is 3.05. The summed E-state index contributed by atoms with van der Waals surface area (Å²) in [5, 5.41) is 0. The van der Waals surface area contributed by atoms with E-state index in [1.807, 2.05) is 27.7 Å². The lowest BCUT2D eigenvalue weighted by atomic mass is 10.1. The van der Waals surface area contributed by atoms with Crippen molar-refractivity contribution in [1.29, 1.82) is 0 Å². The molecule has 6 nitrogen and oxygen atoms in total. The molecule has 21 heavy (non-hydrogen) atoms. The monoisotopic (exact) mass is 301 g/mol. The van der Waals surface area contributed by atoms with Crippen LogP contribution in [0.15, 0.2) is 0 Å². The third kappa shape index (κ3) is 7.32. The number of carbonyl (C=O) groups is 2. The molecule has 0 aromatic carbocycles. The Labute approximate surface area is 126 Å².